The molecule has 0 amide bonds. The van der Waals surface area contributed by atoms with Gasteiger partial charge in [0.05, 0.1) is 17.2 Å². The first-order valence-electron chi connectivity index (χ1n) is 10.7. The third-order valence-electron chi connectivity index (χ3n) is 6.52. The number of hydrogen-bond acceptors (Lipinski definition) is 4. The van der Waals surface area contributed by atoms with E-state index < -0.39 is 35.2 Å². The van der Waals surface area contributed by atoms with E-state index in [2.05, 4.69) is 15.2 Å². The van der Waals surface area contributed by atoms with E-state index in [-0.39, 0.29) is 23.5 Å². The third-order valence-corrected chi connectivity index (χ3v) is 6.52. The second-order valence-corrected chi connectivity index (χ2v) is 8.91. The van der Waals surface area contributed by atoms with Crippen LogP contribution < -0.4 is 5.32 Å². The Morgan fingerprint density at radius 1 is 1.16 bits per heavy atom. The highest BCUT2D eigenvalue weighted by atomic mass is 19.4. The minimum Gasteiger partial charge on any atom is -0.387 e. The molecule has 1 aliphatic heterocycles. The molecule has 4 rings (SSSR count). The van der Waals surface area contributed by atoms with E-state index in [0.29, 0.717) is 18.2 Å². The molecule has 1 aromatic carbocycles. The summed E-state index contributed by atoms with van der Waals surface area (Å²) in [5, 5.41) is 13.6. The summed E-state index contributed by atoms with van der Waals surface area (Å²) < 4.78 is 80.2. The van der Waals surface area contributed by atoms with Gasteiger partial charge in [-0.25, -0.2) is 4.98 Å². The predicted octanol–water partition coefficient (Wildman–Crippen LogP) is 4.77. The molecule has 0 spiro atoms. The Balaban J connectivity index is 1.56. The summed E-state index contributed by atoms with van der Waals surface area (Å²) in [5.41, 5.74) is -3.77. The van der Waals surface area contributed by atoms with Crippen LogP contribution in [0.4, 0.5) is 26.3 Å². The summed E-state index contributed by atoms with van der Waals surface area (Å²) in [7, 11) is 0. The molecule has 2 heterocycles. The highest BCUT2D eigenvalue weighted by molar-refractivity contribution is 5.86. The van der Waals surface area contributed by atoms with Crippen molar-refractivity contribution in [2.45, 2.75) is 56.7 Å². The van der Waals surface area contributed by atoms with Gasteiger partial charge < -0.3 is 10.4 Å². The van der Waals surface area contributed by atoms with Crippen molar-refractivity contribution in [3.63, 3.8) is 0 Å². The number of benzene rings is 1. The molecule has 2 N–H and O–H groups in total. The fourth-order valence-electron chi connectivity index (χ4n) is 5.01. The van der Waals surface area contributed by atoms with E-state index in [4.69, 9.17) is 0 Å². The zero-order valence-corrected chi connectivity index (χ0v) is 17.5. The van der Waals surface area contributed by atoms with Gasteiger partial charge in [-0.1, -0.05) is 12.1 Å². The lowest BCUT2D eigenvalue weighted by Crippen LogP contribution is -2.43. The first-order valence-corrected chi connectivity index (χ1v) is 10.7. The number of rotatable bonds is 6. The van der Waals surface area contributed by atoms with E-state index in [1.54, 1.807) is 0 Å². The van der Waals surface area contributed by atoms with Crippen LogP contribution in [0.1, 0.15) is 49.1 Å². The van der Waals surface area contributed by atoms with Gasteiger partial charge in [0.15, 0.2) is 0 Å². The van der Waals surface area contributed by atoms with Crippen molar-refractivity contribution >= 4 is 10.9 Å². The number of hydrogen-bond donors (Lipinski definition) is 2. The van der Waals surface area contributed by atoms with Crippen molar-refractivity contribution in [3.8, 4) is 0 Å². The Labute approximate surface area is 181 Å². The number of aromatic nitrogens is 1. The Morgan fingerprint density at radius 3 is 2.50 bits per heavy atom. The van der Waals surface area contributed by atoms with Gasteiger partial charge in [0.25, 0.3) is 0 Å². The molecule has 2 aromatic rings. The smallest absolute Gasteiger partial charge is 0.387 e. The molecule has 1 saturated heterocycles. The van der Waals surface area contributed by atoms with E-state index >= 15 is 0 Å². The highest BCUT2D eigenvalue weighted by Gasteiger charge is 2.39. The van der Waals surface area contributed by atoms with Crippen molar-refractivity contribution < 1.29 is 31.4 Å². The number of nitrogens with zero attached hydrogens (tertiary/aromatic N) is 2. The summed E-state index contributed by atoms with van der Waals surface area (Å²) in [6.45, 7) is 3.61. The Hall–Kier alpha value is -1.91. The molecule has 1 saturated carbocycles. The molecule has 2 aliphatic rings. The van der Waals surface area contributed by atoms with Gasteiger partial charge >= 0.3 is 12.4 Å². The molecule has 1 aromatic heterocycles. The molecule has 2 fully saturated rings. The maximum absolute atomic E-state index is 13.4. The van der Waals surface area contributed by atoms with Crippen LogP contribution in [-0.2, 0) is 12.4 Å². The van der Waals surface area contributed by atoms with Crippen LogP contribution in [0.25, 0.3) is 10.9 Å². The average molecular weight is 461 g/mol. The van der Waals surface area contributed by atoms with Gasteiger partial charge in [-0.05, 0) is 49.8 Å². The molecule has 0 radical (unpaired) electrons. The van der Waals surface area contributed by atoms with E-state index in [0.717, 1.165) is 25.1 Å². The second-order valence-electron chi connectivity index (χ2n) is 8.91. The number of para-hydroxylation sites is 1. The molecule has 176 valence electrons. The number of nitrogens with one attached hydrogen (secondary N) is 1. The van der Waals surface area contributed by atoms with E-state index in [1.165, 1.54) is 25.3 Å². The molecule has 10 heteroatoms. The van der Waals surface area contributed by atoms with Crippen LogP contribution in [0.2, 0.25) is 0 Å². The fourth-order valence-corrected chi connectivity index (χ4v) is 5.01. The SMILES string of the molecule is CC(CN1CC2CCC1C2)NCC(O)c1cc(C(F)(F)F)nc2c(C(F)(F)F)cccc12. The molecule has 4 unspecified atom stereocenters. The summed E-state index contributed by atoms with van der Waals surface area (Å²) in [5.74, 6) is 0.726. The topological polar surface area (TPSA) is 48.4 Å². The van der Waals surface area contributed by atoms with Crippen molar-refractivity contribution in [1.82, 2.24) is 15.2 Å². The molecule has 4 nitrogen and oxygen atoms in total. The number of halogens is 6. The summed E-state index contributed by atoms with van der Waals surface area (Å²) in [6, 6.07) is 4.21. The van der Waals surface area contributed by atoms with Crippen LogP contribution >= 0.6 is 0 Å². The number of aliphatic hydroxyl groups is 1. The van der Waals surface area contributed by atoms with Gasteiger partial charge in [0, 0.05) is 37.1 Å². The molecular weight excluding hydrogens is 436 g/mol. The molecule has 4 atom stereocenters. The van der Waals surface area contributed by atoms with Crippen LogP contribution in [0.3, 0.4) is 0 Å². The van der Waals surface area contributed by atoms with Crippen LogP contribution in [0, 0.1) is 5.92 Å². The first-order chi connectivity index (χ1) is 14.9. The minimum absolute atomic E-state index is 0.0371. The standard InChI is InChI=1S/C22H25F6N3O/c1-12(10-31-11-13-5-6-14(31)7-13)29-9-18(32)16-8-19(22(26,27)28)30-20-15(16)3-2-4-17(20)21(23,24)25/h2-4,8,12-14,18,29,32H,5-7,9-11H2,1H3. The van der Waals surface area contributed by atoms with Gasteiger partial charge in [0.2, 0.25) is 0 Å². The molecule has 2 bridgehead atoms. The van der Waals surface area contributed by atoms with Gasteiger partial charge in [-0.15, -0.1) is 0 Å². The maximum Gasteiger partial charge on any atom is 0.433 e. The maximum atomic E-state index is 13.4. The van der Waals surface area contributed by atoms with E-state index in [9.17, 15) is 31.4 Å². The number of alkyl halides is 6. The Bertz CT molecular complexity index is 977. The number of fused-ring (bicyclic) bond motifs is 3. The highest BCUT2D eigenvalue weighted by Crippen LogP contribution is 2.39. The van der Waals surface area contributed by atoms with Gasteiger partial charge in [-0.3, -0.25) is 4.90 Å². The largest absolute Gasteiger partial charge is 0.433 e. The number of aliphatic hydroxyl groups excluding tert-OH is 1. The van der Waals surface area contributed by atoms with Crippen LogP contribution in [0.5, 0.6) is 0 Å². The van der Waals surface area contributed by atoms with Crippen LogP contribution in [-0.4, -0.2) is 46.7 Å². The fraction of sp³-hybridized carbons (Fsp3) is 0.591. The third kappa shape index (κ3) is 4.72. The van der Waals surface area contributed by atoms with Crippen molar-refractivity contribution in [1.29, 1.82) is 0 Å². The minimum atomic E-state index is -4.95. The van der Waals surface area contributed by atoms with Crippen LogP contribution in [0.15, 0.2) is 24.3 Å². The predicted molar refractivity (Wildman–Crippen MR) is 107 cm³/mol. The molecule has 1 aliphatic carbocycles. The lowest BCUT2D eigenvalue weighted by Gasteiger charge is -2.30. The second kappa shape index (κ2) is 8.46. The molecular formula is C22H25F6N3O. The van der Waals surface area contributed by atoms with Crippen molar-refractivity contribution in [3.05, 3.63) is 41.1 Å². The first kappa shape index (κ1) is 23.3. The lowest BCUT2D eigenvalue weighted by atomic mass is 9.99. The number of pyridine rings is 1. The lowest BCUT2D eigenvalue weighted by molar-refractivity contribution is -0.142. The molecule has 32 heavy (non-hydrogen) atoms. The average Bonchev–Trinajstić information content (AvgIpc) is 3.32. The Morgan fingerprint density at radius 2 is 1.91 bits per heavy atom. The van der Waals surface area contributed by atoms with Gasteiger partial charge in [-0.2, -0.15) is 26.3 Å². The summed E-state index contributed by atoms with van der Waals surface area (Å²) >= 11 is 0. The quantitative estimate of drug-likeness (QED) is 0.609. The zero-order chi connectivity index (χ0) is 23.3. The number of piperidine rings is 1. The number of likely N-dealkylation sites (tertiary alicyclic amines) is 1. The normalized spacial score (nSPS) is 23.8. The monoisotopic (exact) mass is 461 g/mol. The van der Waals surface area contributed by atoms with E-state index in [1.807, 2.05) is 6.92 Å². The van der Waals surface area contributed by atoms with Crippen molar-refractivity contribution in [2.75, 3.05) is 19.6 Å². The zero-order valence-electron chi connectivity index (χ0n) is 17.5. The van der Waals surface area contributed by atoms with Gasteiger partial charge in [0.1, 0.15) is 5.69 Å². The van der Waals surface area contributed by atoms with Crippen molar-refractivity contribution in [2.24, 2.45) is 5.92 Å². The Kier molecular flexibility index (Phi) is 6.15. The summed E-state index contributed by atoms with van der Waals surface area (Å²) in [4.78, 5) is 5.64. The summed E-state index contributed by atoms with van der Waals surface area (Å²) in [6.07, 6.45) is -7.64.